The molecule has 5 nitrogen and oxygen atoms in total. The molecule has 0 aliphatic rings. The molecular formula is C19H23N5S. The lowest BCUT2D eigenvalue weighted by atomic mass is 10.3. The molecule has 0 aliphatic heterocycles. The van der Waals surface area contributed by atoms with Gasteiger partial charge in [0, 0.05) is 28.1 Å². The minimum Gasteiger partial charge on any atom is -0.357 e. The Kier molecular flexibility index (Phi) is 5.85. The van der Waals surface area contributed by atoms with Gasteiger partial charge in [-0.2, -0.15) is 5.10 Å². The molecule has 0 saturated heterocycles. The first-order chi connectivity index (χ1) is 12.2. The number of nitrogens with zero attached hydrogens (tertiary/aromatic N) is 3. The molecule has 0 amide bonds. The SMILES string of the molecule is CCNC(=NCc1cnn(-c2ccccc2)c1)NCc1ccc(C)s1. The third-order valence-electron chi connectivity index (χ3n) is 3.65. The van der Waals surface area contributed by atoms with E-state index < -0.39 is 0 Å². The lowest BCUT2D eigenvalue weighted by Gasteiger charge is -2.10. The average molecular weight is 353 g/mol. The standard InChI is InChI=1S/C19H23N5S/c1-3-20-19(22-13-18-10-9-15(2)25-18)21-11-16-12-23-24(14-16)17-7-5-4-6-8-17/h4-10,12,14H,3,11,13H2,1-2H3,(H2,20,21,22). The Morgan fingerprint density at radius 3 is 2.72 bits per heavy atom. The lowest BCUT2D eigenvalue weighted by Crippen LogP contribution is -2.36. The summed E-state index contributed by atoms with van der Waals surface area (Å²) < 4.78 is 1.87. The second kappa shape index (κ2) is 8.48. The van der Waals surface area contributed by atoms with Crippen molar-refractivity contribution in [1.29, 1.82) is 0 Å². The molecule has 3 aromatic rings. The first kappa shape index (κ1) is 17.2. The van der Waals surface area contributed by atoms with Crippen molar-refractivity contribution >= 4 is 17.3 Å². The third kappa shape index (κ3) is 4.93. The Bertz CT molecular complexity index is 819. The molecule has 1 aromatic carbocycles. The number of rotatable bonds is 6. The smallest absolute Gasteiger partial charge is 0.191 e. The van der Waals surface area contributed by atoms with Gasteiger partial charge in [-0.05, 0) is 38.1 Å². The molecule has 0 fully saturated rings. The number of thiophene rings is 1. The molecule has 2 aromatic heterocycles. The van der Waals surface area contributed by atoms with Crippen LogP contribution < -0.4 is 10.6 Å². The summed E-state index contributed by atoms with van der Waals surface area (Å²) >= 11 is 1.80. The average Bonchev–Trinajstić information content (AvgIpc) is 3.27. The van der Waals surface area contributed by atoms with E-state index in [-0.39, 0.29) is 0 Å². The van der Waals surface area contributed by atoms with Crippen LogP contribution in [0, 0.1) is 6.92 Å². The van der Waals surface area contributed by atoms with Crippen molar-refractivity contribution < 1.29 is 0 Å². The van der Waals surface area contributed by atoms with Gasteiger partial charge in [-0.25, -0.2) is 9.67 Å². The maximum Gasteiger partial charge on any atom is 0.191 e. The zero-order valence-corrected chi connectivity index (χ0v) is 15.4. The van der Waals surface area contributed by atoms with Gasteiger partial charge in [0.2, 0.25) is 0 Å². The predicted molar refractivity (Wildman–Crippen MR) is 104 cm³/mol. The Labute approximate surface area is 152 Å². The van der Waals surface area contributed by atoms with E-state index in [0.29, 0.717) is 6.54 Å². The number of benzene rings is 1. The maximum absolute atomic E-state index is 4.66. The zero-order valence-electron chi connectivity index (χ0n) is 14.6. The van der Waals surface area contributed by atoms with Crippen molar-refractivity contribution in [2.24, 2.45) is 4.99 Å². The van der Waals surface area contributed by atoms with E-state index in [1.54, 1.807) is 11.3 Å². The highest BCUT2D eigenvalue weighted by molar-refractivity contribution is 7.11. The molecule has 0 radical (unpaired) electrons. The summed E-state index contributed by atoms with van der Waals surface area (Å²) in [4.78, 5) is 7.29. The van der Waals surface area contributed by atoms with Crippen molar-refractivity contribution in [3.05, 3.63) is 70.2 Å². The van der Waals surface area contributed by atoms with E-state index in [9.17, 15) is 0 Å². The van der Waals surface area contributed by atoms with Crippen LogP contribution in [0.15, 0.2) is 59.9 Å². The van der Waals surface area contributed by atoms with Crippen LogP contribution in [0.2, 0.25) is 0 Å². The summed E-state index contributed by atoms with van der Waals surface area (Å²) in [6, 6.07) is 14.4. The van der Waals surface area contributed by atoms with Crippen molar-refractivity contribution in [2.45, 2.75) is 26.9 Å². The van der Waals surface area contributed by atoms with E-state index in [1.165, 1.54) is 9.75 Å². The first-order valence-electron chi connectivity index (χ1n) is 8.41. The number of hydrogen-bond donors (Lipinski definition) is 2. The van der Waals surface area contributed by atoms with Crippen molar-refractivity contribution in [3.63, 3.8) is 0 Å². The number of guanidine groups is 1. The van der Waals surface area contributed by atoms with E-state index in [2.05, 4.69) is 46.7 Å². The monoisotopic (exact) mass is 353 g/mol. The van der Waals surface area contributed by atoms with Crippen LogP contribution in [0.5, 0.6) is 0 Å². The molecule has 0 saturated carbocycles. The zero-order chi connectivity index (χ0) is 17.5. The molecule has 6 heteroatoms. The van der Waals surface area contributed by atoms with E-state index >= 15 is 0 Å². The number of aromatic nitrogens is 2. The van der Waals surface area contributed by atoms with Crippen LogP contribution in [0.3, 0.4) is 0 Å². The Balaban J connectivity index is 1.62. The minimum atomic E-state index is 0.589. The predicted octanol–water partition coefficient (Wildman–Crippen LogP) is 3.50. The van der Waals surface area contributed by atoms with Gasteiger partial charge in [0.15, 0.2) is 5.96 Å². The quantitative estimate of drug-likeness (QED) is 0.527. The fraction of sp³-hybridized carbons (Fsp3) is 0.263. The topological polar surface area (TPSA) is 54.2 Å². The molecule has 3 rings (SSSR count). The first-order valence-corrected chi connectivity index (χ1v) is 9.22. The molecule has 0 aliphatic carbocycles. The largest absolute Gasteiger partial charge is 0.357 e. The van der Waals surface area contributed by atoms with Gasteiger partial charge in [-0.3, -0.25) is 0 Å². The third-order valence-corrected chi connectivity index (χ3v) is 4.65. The van der Waals surface area contributed by atoms with Crippen LogP contribution in [-0.2, 0) is 13.1 Å². The van der Waals surface area contributed by atoms with Gasteiger partial charge in [-0.1, -0.05) is 18.2 Å². The number of hydrogen-bond acceptors (Lipinski definition) is 3. The second-order valence-electron chi connectivity index (χ2n) is 5.69. The summed E-state index contributed by atoms with van der Waals surface area (Å²) in [7, 11) is 0. The summed E-state index contributed by atoms with van der Waals surface area (Å²) in [6.45, 7) is 6.40. The second-order valence-corrected chi connectivity index (χ2v) is 7.06. The maximum atomic E-state index is 4.66. The molecule has 0 spiro atoms. The van der Waals surface area contributed by atoms with E-state index in [1.807, 2.05) is 47.4 Å². The van der Waals surface area contributed by atoms with Crippen molar-refractivity contribution in [2.75, 3.05) is 6.54 Å². The number of aryl methyl sites for hydroxylation is 1. The molecule has 0 atom stereocenters. The molecular weight excluding hydrogens is 330 g/mol. The lowest BCUT2D eigenvalue weighted by molar-refractivity contribution is 0.823. The molecule has 0 bridgehead atoms. The minimum absolute atomic E-state index is 0.589. The van der Waals surface area contributed by atoms with E-state index in [4.69, 9.17) is 0 Å². The fourth-order valence-corrected chi connectivity index (χ4v) is 3.26. The summed E-state index contributed by atoms with van der Waals surface area (Å²) in [5, 5.41) is 11.1. The normalized spacial score (nSPS) is 11.5. The van der Waals surface area contributed by atoms with Crippen LogP contribution in [0.25, 0.3) is 5.69 Å². The van der Waals surface area contributed by atoms with Crippen LogP contribution in [0.1, 0.15) is 22.2 Å². The Morgan fingerprint density at radius 1 is 1.16 bits per heavy atom. The number of aliphatic imine (C=N–C) groups is 1. The summed E-state index contributed by atoms with van der Waals surface area (Å²) in [6.07, 6.45) is 3.88. The van der Waals surface area contributed by atoms with Crippen molar-refractivity contribution in [1.82, 2.24) is 20.4 Å². The van der Waals surface area contributed by atoms with Crippen LogP contribution >= 0.6 is 11.3 Å². The van der Waals surface area contributed by atoms with Gasteiger partial charge in [0.1, 0.15) is 0 Å². The van der Waals surface area contributed by atoms with Crippen LogP contribution in [0.4, 0.5) is 0 Å². The number of nitrogens with one attached hydrogen (secondary N) is 2. The summed E-state index contributed by atoms with van der Waals surface area (Å²) in [5.41, 5.74) is 2.13. The van der Waals surface area contributed by atoms with Gasteiger partial charge in [-0.15, -0.1) is 11.3 Å². The van der Waals surface area contributed by atoms with E-state index in [0.717, 1.165) is 30.3 Å². The summed E-state index contributed by atoms with van der Waals surface area (Å²) in [5.74, 6) is 0.820. The molecule has 25 heavy (non-hydrogen) atoms. The van der Waals surface area contributed by atoms with Crippen molar-refractivity contribution in [3.8, 4) is 5.69 Å². The van der Waals surface area contributed by atoms with Gasteiger partial charge >= 0.3 is 0 Å². The molecule has 2 N–H and O–H groups in total. The highest BCUT2D eigenvalue weighted by Gasteiger charge is 2.03. The molecule has 0 unspecified atom stereocenters. The van der Waals surface area contributed by atoms with Crippen LogP contribution in [-0.4, -0.2) is 22.3 Å². The highest BCUT2D eigenvalue weighted by atomic mass is 32.1. The fourth-order valence-electron chi connectivity index (χ4n) is 2.43. The van der Waals surface area contributed by atoms with Gasteiger partial charge in [0.05, 0.1) is 25.0 Å². The molecule has 2 heterocycles. The number of para-hydroxylation sites is 1. The Hall–Kier alpha value is -2.60. The highest BCUT2D eigenvalue weighted by Crippen LogP contribution is 2.14. The van der Waals surface area contributed by atoms with Gasteiger partial charge in [0.25, 0.3) is 0 Å². The Morgan fingerprint density at radius 2 is 2.00 bits per heavy atom. The molecule has 130 valence electrons. The van der Waals surface area contributed by atoms with Gasteiger partial charge < -0.3 is 10.6 Å².